The van der Waals surface area contributed by atoms with Crippen LogP contribution < -0.4 is 14.8 Å². The van der Waals surface area contributed by atoms with Crippen LogP contribution in [0.3, 0.4) is 0 Å². The van der Waals surface area contributed by atoms with Crippen LogP contribution in [0, 0.1) is 6.92 Å². The minimum absolute atomic E-state index is 0.334. The van der Waals surface area contributed by atoms with E-state index in [1.165, 1.54) is 24.5 Å². The lowest BCUT2D eigenvalue weighted by atomic mass is 10.0. The van der Waals surface area contributed by atoms with Crippen molar-refractivity contribution < 1.29 is 23.8 Å². The predicted octanol–water partition coefficient (Wildman–Crippen LogP) is 7.14. The lowest BCUT2D eigenvalue weighted by molar-refractivity contribution is -0.111. The number of benzene rings is 3. The number of rotatable bonds is 10. The number of carbonyl (C=O) groups excluding carboxylic acids is 2. The molecule has 1 amide bonds. The van der Waals surface area contributed by atoms with Crippen LogP contribution in [0.2, 0.25) is 0 Å². The van der Waals surface area contributed by atoms with E-state index in [4.69, 9.17) is 14.2 Å². The molecule has 38 heavy (non-hydrogen) atoms. The van der Waals surface area contributed by atoms with Gasteiger partial charge in [0.15, 0.2) is 0 Å². The Morgan fingerprint density at radius 2 is 1.55 bits per heavy atom. The minimum atomic E-state index is -0.511. The Hall–Kier alpha value is -4.36. The molecule has 0 aliphatic heterocycles. The van der Waals surface area contributed by atoms with Gasteiger partial charge in [-0.1, -0.05) is 54.6 Å². The molecule has 0 spiro atoms. The van der Waals surface area contributed by atoms with Gasteiger partial charge in [-0.25, -0.2) is 4.79 Å². The van der Waals surface area contributed by atoms with Gasteiger partial charge >= 0.3 is 5.97 Å². The van der Waals surface area contributed by atoms with E-state index >= 15 is 0 Å². The Balaban J connectivity index is 1.45. The number of hydrogen-bond acceptors (Lipinski definition) is 6. The van der Waals surface area contributed by atoms with Crippen LogP contribution >= 0.6 is 11.3 Å². The van der Waals surface area contributed by atoms with E-state index in [2.05, 4.69) is 5.32 Å². The molecule has 0 unspecified atom stereocenters. The second-order valence-corrected chi connectivity index (χ2v) is 9.58. The number of carbonyl (C=O) groups is 2. The van der Waals surface area contributed by atoms with Crippen molar-refractivity contribution in [2.75, 3.05) is 19.0 Å². The molecule has 0 atom stereocenters. The fourth-order valence-electron chi connectivity index (χ4n) is 3.90. The highest BCUT2D eigenvalue weighted by atomic mass is 32.1. The smallest absolute Gasteiger partial charge is 0.341 e. The fourth-order valence-corrected chi connectivity index (χ4v) is 4.97. The number of amides is 1. The molecular weight excluding hydrogens is 498 g/mol. The zero-order valence-corrected chi connectivity index (χ0v) is 22.3. The van der Waals surface area contributed by atoms with E-state index in [0.29, 0.717) is 23.8 Å². The van der Waals surface area contributed by atoms with E-state index in [0.717, 1.165) is 38.6 Å². The second-order valence-electron chi connectivity index (χ2n) is 8.35. The molecule has 0 bridgehead atoms. The van der Waals surface area contributed by atoms with Gasteiger partial charge in [0, 0.05) is 16.5 Å². The summed E-state index contributed by atoms with van der Waals surface area (Å²) in [6.07, 6.45) is 3.15. The summed E-state index contributed by atoms with van der Waals surface area (Å²) in [6.45, 7) is 4.89. The van der Waals surface area contributed by atoms with E-state index < -0.39 is 5.97 Å². The van der Waals surface area contributed by atoms with Crippen molar-refractivity contribution in [1.29, 1.82) is 0 Å². The monoisotopic (exact) mass is 527 g/mol. The highest BCUT2D eigenvalue weighted by molar-refractivity contribution is 7.17. The zero-order valence-electron chi connectivity index (χ0n) is 21.5. The maximum Gasteiger partial charge on any atom is 0.341 e. The summed E-state index contributed by atoms with van der Waals surface area (Å²) in [7, 11) is 1.33. The van der Waals surface area contributed by atoms with Gasteiger partial charge < -0.3 is 19.5 Å². The lowest BCUT2D eigenvalue weighted by Gasteiger charge is -2.09. The van der Waals surface area contributed by atoms with Crippen molar-refractivity contribution in [3.63, 3.8) is 0 Å². The van der Waals surface area contributed by atoms with Gasteiger partial charge in [0.1, 0.15) is 28.7 Å². The zero-order chi connectivity index (χ0) is 26.9. The van der Waals surface area contributed by atoms with Gasteiger partial charge in [-0.2, -0.15) is 0 Å². The van der Waals surface area contributed by atoms with E-state index in [1.54, 1.807) is 6.08 Å². The van der Waals surface area contributed by atoms with Crippen molar-refractivity contribution >= 4 is 34.3 Å². The van der Waals surface area contributed by atoms with E-state index in [-0.39, 0.29) is 5.91 Å². The third-order valence-corrected chi connectivity index (χ3v) is 6.74. The van der Waals surface area contributed by atoms with Crippen molar-refractivity contribution in [2.45, 2.75) is 20.5 Å². The molecule has 6 nitrogen and oxygen atoms in total. The molecule has 0 aliphatic carbocycles. The first kappa shape index (κ1) is 26.7. The SMILES string of the molecule is CCOc1ccc(-c2c(C)sc(NC(=O)C=Cc3ccc(OCc4ccccc4)cc3)c2C(=O)OC)cc1. The number of nitrogens with one attached hydrogen (secondary N) is 1. The molecule has 0 saturated heterocycles. The third-order valence-electron chi connectivity index (χ3n) is 5.72. The molecular formula is C31H29NO5S. The molecule has 0 saturated carbocycles. The summed E-state index contributed by atoms with van der Waals surface area (Å²) in [6, 6.07) is 24.9. The van der Waals surface area contributed by atoms with Crippen molar-refractivity contribution in [1.82, 2.24) is 0 Å². The molecule has 0 aliphatic rings. The van der Waals surface area contributed by atoms with Gasteiger partial charge in [0.2, 0.25) is 5.91 Å². The standard InChI is InChI=1S/C31H29NO5S/c1-4-36-25-17-13-24(14-18-25)28-21(2)38-30(29(28)31(34)35-3)32-27(33)19-12-22-10-15-26(16-11-22)37-20-23-8-6-5-7-9-23/h5-19H,4,20H2,1-3H3,(H,32,33). The molecule has 1 heterocycles. The van der Waals surface area contributed by atoms with Crippen molar-refractivity contribution in [2.24, 2.45) is 0 Å². The van der Waals surface area contributed by atoms with Crippen molar-refractivity contribution in [3.05, 3.63) is 107 Å². The summed E-state index contributed by atoms with van der Waals surface area (Å²) in [5, 5.41) is 3.29. The molecule has 3 aromatic carbocycles. The molecule has 1 N–H and O–H groups in total. The molecule has 4 aromatic rings. The summed E-state index contributed by atoms with van der Waals surface area (Å²) in [4.78, 5) is 26.4. The van der Waals surface area contributed by atoms with Gasteiger partial charge in [-0.05, 0) is 60.9 Å². The van der Waals surface area contributed by atoms with Crippen LogP contribution in [0.5, 0.6) is 11.5 Å². The average molecular weight is 528 g/mol. The van der Waals surface area contributed by atoms with E-state index in [9.17, 15) is 9.59 Å². The van der Waals surface area contributed by atoms with Crippen LogP contribution in [0.1, 0.15) is 33.3 Å². The van der Waals surface area contributed by atoms with Crippen LogP contribution in [0.15, 0.2) is 84.9 Å². The molecule has 4 rings (SSSR count). The topological polar surface area (TPSA) is 73.9 Å². The Morgan fingerprint density at radius 1 is 0.895 bits per heavy atom. The van der Waals surface area contributed by atoms with Gasteiger partial charge in [0.05, 0.1) is 13.7 Å². The first-order valence-electron chi connectivity index (χ1n) is 12.2. The molecule has 0 radical (unpaired) electrons. The molecule has 7 heteroatoms. The highest BCUT2D eigenvalue weighted by Crippen LogP contribution is 2.40. The first-order chi connectivity index (χ1) is 18.5. The number of methoxy groups -OCH3 is 1. The second kappa shape index (κ2) is 12.7. The van der Waals surface area contributed by atoms with Gasteiger partial charge in [-0.15, -0.1) is 11.3 Å². The van der Waals surface area contributed by atoms with Gasteiger partial charge in [-0.3, -0.25) is 4.79 Å². The van der Waals surface area contributed by atoms with Crippen LogP contribution in [-0.4, -0.2) is 25.6 Å². The number of aryl methyl sites for hydroxylation is 1. The maximum atomic E-state index is 12.8. The minimum Gasteiger partial charge on any atom is -0.494 e. The molecule has 194 valence electrons. The fraction of sp³-hybridized carbons (Fsp3) is 0.161. The summed E-state index contributed by atoms with van der Waals surface area (Å²) in [5.41, 5.74) is 3.84. The number of anilines is 1. The average Bonchev–Trinajstić information content (AvgIpc) is 3.27. The number of esters is 1. The number of thiophene rings is 1. The number of ether oxygens (including phenoxy) is 3. The predicted molar refractivity (Wildman–Crippen MR) is 152 cm³/mol. The summed E-state index contributed by atoms with van der Waals surface area (Å²) >= 11 is 1.34. The van der Waals surface area contributed by atoms with Crippen LogP contribution in [-0.2, 0) is 16.1 Å². The third kappa shape index (κ3) is 6.69. The number of hydrogen-bond donors (Lipinski definition) is 1. The summed E-state index contributed by atoms with van der Waals surface area (Å²) in [5.74, 6) is 0.634. The molecule has 1 aromatic heterocycles. The highest BCUT2D eigenvalue weighted by Gasteiger charge is 2.24. The summed E-state index contributed by atoms with van der Waals surface area (Å²) < 4.78 is 16.4. The largest absolute Gasteiger partial charge is 0.494 e. The maximum absolute atomic E-state index is 12.8. The van der Waals surface area contributed by atoms with Crippen LogP contribution in [0.4, 0.5) is 5.00 Å². The van der Waals surface area contributed by atoms with Crippen LogP contribution in [0.25, 0.3) is 17.2 Å². The Kier molecular flexibility index (Phi) is 8.95. The lowest BCUT2D eigenvalue weighted by Crippen LogP contribution is -2.11. The van der Waals surface area contributed by atoms with E-state index in [1.807, 2.05) is 92.7 Å². The Morgan fingerprint density at radius 3 is 2.21 bits per heavy atom. The Bertz CT molecular complexity index is 1410. The normalized spacial score (nSPS) is 10.8. The Labute approximate surface area is 226 Å². The van der Waals surface area contributed by atoms with Gasteiger partial charge in [0.25, 0.3) is 0 Å². The first-order valence-corrected chi connectivity index (χ1v) is 13.0. The molecule has 0 fully saturated rings. The van der Waals surface area contributed by atoms with Crippen molar-refractivity contribution in [3.8, 4) is 22.6 Å². The quantitative estimate of drug-likeness (QED) is 0.175.